The Morgan fingerprint density at radius 1 is 1.19 bits per heavy atom. The zero-order valence-corrected chi connectivity index (χ0v) is 15.5. The first-order chi connectivity index (χ1) is 13.2. The molecule has 0 radical (unpaired) electrons. The molecule has 2 aliphatic heterocycles. The number of hydrogen-bond donors (Lipinski definition) is 1. The number of amides is 1. The Bertz CT molecular complexity index is 788. The van der Waals surface area contributed by atoms with Crippen molar-refractivity contribution < 1.29 is 9.18 Å². The van der Waals surface area contributed by atoms with Crippen LogP contribution in [0.5, 0.6) is 0 Å². The van der Waals surface area contributed by atoms with Crippen LogP contribution in [0.15, 0.2) is 24.3 Å². The minimum absolute atomic E-state index is 0.0441. The molecule has 1 aromatic carbocycles. The van der Waals surface area contributed by atoms with E-state index >= 15 is 0 Å². The minimum Gasteiger partial charge on any atom is -0.332 e. The molecule has 0 spiro atoms. The first kappa shape index (κ1) is 18.1. The van der Waals surface area contributed by atoms with Crippen molar-refractivity contribution in [2.75, 3.05) is 19.6 Å². The van der Waals surface area contributed by atoms with Crippen molar-refractivity contribution in [1.29, 1.82) is 0 Å². The van der Waals surface area contributed by atoms with Gasteiger partial charge in [0.15, 0.2) is 5.82 Å². The smallest absolute Gasteiger partial charge is 0.223 e. The van der Waals surface area contributed by atoms with Gasteiger partial charge in [0.25, 0.3) is 0 Å². The van der Waals surface area contributed by atoms with Gasteiger partial charge in [0, 0.05) is 39.0 Å². The fourth-order valence-corrected chi connectivity index (χ4v) is 4.11. The largest absolute Gasteiger partial charge is 0.332 e. The number of rotatable bonds is 5. The first-order valence-electron chi connectivity index (χ1n) is 9.89. The van der Waals surface area contributed by atoms with E-state index in [2.05, 4.69) is 20.1 Å². The molecule has 1 N–H and O–H groups in total. The Kier molecular flexibility index (Phi) is 5.48. The summed E-state index contributed by atoms with van der Waals surface area (Å²) in [6.07, 6.45) is 4.91. The molecule has 0 bridgehead atoms. The van der Waals surface area contributed by atoms with Crippen LogP contribution in [0, 0.1) is 5.82 Å². The number of aromatic nitrogens is 3. The monoisotopic (exact) mass is 371 g/mol. The van der Waals surface area contributed by atoms with Crippen molar-refractivity contribution >= 4 is 5.91 Å². The molecule has 1 aromatic heterocycles. The highest BCUT2D eigenvalue weighted by atomic mass is 19.1. The van der Waals surface area contributed by atoms with E-state index in [1.165, 1.54) is 12.1 Å². The minimum atomic E-state index is -0.225. The zero-order valence-electron chi connectivity index (χ0n) is 15.5. The van der Waals surface area contributed by atoms with Gasteiger partial charge in [-0.15, -0.1) is 10.2 Å². The molecule has 3 heterocycles. The lowest BCUT2D eigenvalue weighted by Crippen LogP contribution is -2.32. The van der Waals surface area contributed by atoms with Crippen LogP contribution < -0.4 is 5.32 Å². The highest BCUT2D eigenvalue weighted by molar-refractivity contribution is 5.76. The van der Waals surface area contributed by atoms with Gasteiger partial charge in [-0.1, -0.05) is 12.1 Å². The number of likely N-dealkylation sites (tertiary alicyclic amines) is 1. The van der Waals surface area contributed by atoms with Gasteiger partial charge in [-0.2, -0.15) is 0 Å². The molecule has 7 heteroatoms. The molecule has 2 aliphatic rings. The summed E-state index contributed by atoms with van der Waals surface area (Å²) in [5, 5.41) is 12.2. The van der Waals surface area contributed by atoms with Gasteiger partial charge in [0.2, 0.25) is 5.91 Å². The van der Waals surface area contributed by atoms with Gasteiger partial charge >= 0.3 is 0 Å². The van der Waals surface area contributed by atoms with Crippen molar-refractivity contribution in [2.24, 2.45) is 0 Å². The summed E-state index contributed by atoms with van der Waals surface area (Å²) in [5.41, 5.74) is 1.07. The molecular formula is C20H26FN5O. The second-order valence-electron chi connectivity index (χ2n) is 7.35. The number of hydrogen-bond acceptors (Lipinski definition) is 4. The number of aryl methyl sites for hydroxylation is 1. The second-order valence-corrected chi connectivity index (χ2v) is 7.35. The van der Waals surface area contributed by atoms with Crippen molar-refractivity contribution in [3.05, 3.63) is 47.3 Å². The van der Waals surface area contributed by atoms with E-state index in [4.69, 9.17) is 0 Å². The molecule has 1 atom stereocenters. The van der Waals surface area contributed by atoms with Crippen molar-refractivity contribution in [3.8, 4) is 0 Å². The van der Waals surface area contributed by atoms with Gasteiger partial charge in [-0.25, -0.2) is 4.39 Å². The summed E-state index contributed by atoms with van der Waals surface area (Å²) >= 11 is 0. The van der Waals surface area contributed by atoms with Crippen LogP contribution in [0.25, 0.3) is 0 Å². The third kappa shape index (κ3) is 4.03. The van der Waals surface area contributed by atoms with E-state index in [1.807, 2.05) is 4.90 Å². The van der Waals surface area contributed by atoms with Crippen LogP contribution in [-0.2, 0) is 24.2 Å². The number of benzene rings is 1. The van der Waals surface area contributed by atoms with E-state index in [0.717, 1.165) is 75.5 Å². The quantitative estimate of drug-likeness (QED) is 0.876. The molecule has 4 rings (SSSR count). The van der Waals surface area contributed by atoms with Crippen LogP contribution in [0.1, 0.15) is 48.9 Å². The Hall–Kier alpha value is -2.28. The number of nitrogens with zero attached hydrogens (tertiary/aromatic N) is 4. The van der Waals surface area contributed by atoms with Gasteiger partial charge in [0.05, 0.1) is 6.04 Å². The predicted molar refractivity (Wildman–Crippen MR) is 99.6 cm³/mol. The molecule has 2 aromatic rings. The average Bonchev–Trinajstić information content (AvgIpc) is 3.24. The number of halogens is 1. The highest BCUT2D eigenvalue weighted by Crippen LogP contribution is 2.32. The Morgan fingerprint density at radius 3 is 2.89 bits per heavy atom. The maximum atomic E-state index is 13.0. The number of carbonyl (C=O) groups is 1. The van der Waals surface area contributed by atoms with E-state index in [1.54, 1.807) is 12.1 Å². The zero-order chi connectivity index (χ0) is 18.6. The molecule has 144 valence electrons. The van der Waals surface area contributed by atoms with Crippen molar-refractivity contribution in [3.63, 3.8) is 0 Å². The second kappa shape index (κ2) is 8.17. The summed E-state index contributed by atoms with van der Waals surface area (Å²) < 4.78 is 15.2. The lowest BCUT2D eigenvalue weighted by molar-refractivity contribution is -0.132. The average molecular weight is 371 g/mol. The number of fused-ring (bicyclic) bond motifs is 1. The van der Waals surface area contributed by atoms with E-state index in [0.29, 0.717) is 6.42 Å². The summed E-state index contributed by atoms with van der Waals surface area (Å²) in [7, 11) is 0. The molecule has 1 amide bonds. The maximum absolute atomic E-state index is 13.0. The fraction of sp³-hybridized carbons (Fsp3) is 0.550. The third-order valence-corrected chi connectivity index (χ3v) is 5.53. The van der Waals surface area contributed by atoms with Gasteiger partial charge in [-0.3, -0.25) is 4.79 Å². The van der Waals surface area contributed by atoms with Crippen molar-refractivity contribution in [2.45, 2.75) is 51.1 Å². The molecule has 0 saturated carbocycles. The maximum Gasteiger partial charge on any atom is 0.223 e. The van der Waals surface area contributed by atoms with Crippen LogP contribution >= 0.6 is 0 Å². The molecular weight excluding hydrogens is 345 g/mol. The van der Waals surface area contributed by atoms with Crippen LogP contribution in [0.3, 0.4) is 0 Å². The standard InChI is InChI=1S/C20H26FN5O/c21-16-8-6-15(7-9-16)3-1-5-19(27)25-13-2-4-17(25)20-24-23-18-10-11-22-12-14-26(18)20/h6-9,17,22H,1-5,10-14H2/t17-/m1/s1. The highest BCUT2D eigenvalue weighted by Gasteiger charge is 2.34. The SMILES string of the molecule is O=C(CCCc1ccc(F)cc1)N1CCC[C@@H]1c1nnc2n1CCNCC2. The number of nitrogens with one attached hydrogen (secondary N) is 1. The molecule has 1 fully saturated rings. The van der Waals surface area contributed by atoms with Crippen LogP contribution in [0.2, 0.25) is 0 Å². The summed E-state index contributed by atoms with van der Waals surface area (Å²) in [4.78, 5) is 14.8. The molecule has 1 saturated heterocycles. The normalized spacial score (nSPS) is 19.7. The molecule has 6 nitrogen and oxygen atoms in total. The van der Waals surface area contributed by atoms with Gasteiger partial charge in [-0.05, 0) is 43.4 Å². The Balaban J connectivity index is 1.38. The van der Waals surface area contributed by atoms with Crippen molar-refractivity contribution in [1.82, 2.24) is 25.0 Å². The van der Waals surface area contributed by atoms with Gasteiger partial charge < -0.3 is 14.8 Å². The summed E-state index contributed by atoms with van der Waals surface area (Å²) in [6, 6.07) is 6.57. The topological polar surface area (TPSA) is 63.1 Å². The predicted octanol–water partition coefficient (Wildman–Crippen LogP) is 2.25. The molecule has 0 unspecified atom stereocenters. The van der Waals surface area contributed by atoms with Gasteiger partial charge in [0.1, 0.15) is 11.6 Å². The fourth-order valence-electron chi connectivity index (χ4n) is 4.11. The first-order valence-corrected chi connectivity index (χ1v) is 9.89. The lowest BCUT2D eigenvalue weighted by atomic mass is 10.1. The molecule has 0 aliphatic carbocycles. The van der Waals surface area contributed by atoms with Crippen LogP contribution in [-0.4, -0.2) is 45.2 Å². The van der Waals surface area contributed by atoms with Crippen LogP contribution in [0.4, 0.5) is 4.39 Å². The van der Waals surface area contributed by atoms with E-state index < -0.39 is 0 Å². The number of carbonyl (C=O) groups excluding carboxylic acids is 1. The summed E-state index contributed by atoms with van der Waals surface area (Å²) in [6.45, 7) is 3.49. The Labute approximate surface area is 158 Å². The summed E-state index contributed by atoms with van der Waals surface area (Å²) in [5.74, 6) is 1.92. The lowest BCUT2D eigenvalue weighted by Gasteiger charge is -2.24. The Morgan fingerprint density at radius 2 is 2.04 bits per heavy atom. The van der Waals surface area contributed by atoms with E-state index in [9.17, 15) is 9.18 Å². The van der Waals surface area contributed by atoms with E-state index in [-0.39, 0.29) is 17.8 Å². The molecule has 27 heavy (non-hydrogen) atoms. The third-order valence-electron chi connectivity index (χ3n) is 5.53.